The van der Waals surface area contributed by atoms with Gasteiger partial charge in [0.05, 0.1) is 0 Å². The van der Waals surface area contributed by atoms with Crippen LogP contribution in [0.1, 0.15) is 17.2 Å². The van der Waals surface area contributed by atoms with Gasteiger partial charge in [0, 0.05) is 22.0 Å². The molecule has 0 aromatic heterocycles. The minimum absolute atomic E-state index is 0.194. The van der Waals surface area contributed by atoms with Crippen molar-refractivity contribution in [2.75, 3.05) is 10.6 Å². The maximum atomic E-state index is 13.2. The lowest BCUT2D eigenvalue weighted by molar-refractivity contribution is -0.116. The second kappa shape index (κ2) is 4.80. The minimum Gasteiger partial charge on any atom is -0.370 e. The molecule has 3 rings (SSSR count). The smallest absolute Gasteiger partial charge is 0.251 e. The van der Waals surface area contributed by atoms with Crippen LogP contribution in [0.15, 0.2) is 36.4 Å². The topological polar surface area (TPSA) is 41.1 Å². The van der Waals surface area contributed by atoms with E-state index in [4.69, 9.17) is 11.6 Å². The third kappa shape index (κ3) is 2.23. The first-order chi connectivity index (χ1) is 9.54. The van der Waals surface area contributed by atoms with E-state index in [1.165, 1.54) is 12.1 Å². The first kappa shape index (κ1) is 12.9. The molecule has 0 saturated carbocycles. The summed E-state index contributed by atoms with van der Waals surface area (Å²) in [5, 5.41) is 6.49. The van der Waals surface area contributed by atoms with Crippen LogP contribution < -0.4 is 10.6 Å². The van der Waals surface area contributed by atoms with Crippen LogP contribution in [-0.2, 0) is 4.79 Å². The average molecular weight is 291 g/mol. The van der Waals surface area contributed by atoms with Gasteiger partial charge in [-0.3, -0.25) is 4.79 Å². The molecule has 0 radical (unpaired) electrons. The summed E-state index contributed by atoms with van der Waals surface area (Å²) in [6.45, 7) is 1.91. The maximum Gasteiger partial charge on any atom is 0.251 e. The number of amides is 1. The number of benzene rings is 2. The third-order valence-electron chi connectivity index (χ3n) is 3.33. The van der Waals surface area contributed by atoms with Gasteiger partial charge in [0.2, 0.25) is 0 Å². The van der Waals surface area contributed by atoms with Crippen molar-refractivity contribution in [3.05, 3.63) is 58.4 Å². The van der Waals surface area contributed by atoms with Gasteiger partial charge in [-0.25, -0.2) is 4.39 Å². The molecule has 5 heteroatoms. The quantitative estimate of drug-likeness (QED) is 0.881. The molecule has 1 atom stereocenters. The number of rotatable bonds is 2. The van der Waals surface area contributed by atoms with Crippen molar-refractivity contribution >= 4 is 28.9 Å². The van der Waals surface area contributed by atoms with Crippen LogP contribution in [0.25, 0.3) is 0 Å². The lowest BCUT2D eigenvalue weighted by Gasteiger charge is -2.15. The highest BCUT2D eigenvalue weighted by Gasteiger charge is 2.30. The fourth-order valence-electron chi connectivity index (χ4n) is 2.32. The van der Waals surface area contributed by atoms with Gasteiger partial charge in [0.25, 0.3) is 5.91 Å². The molecule has 0 spiro atoms. The largest absolute Gasteiger partial charge is 0.370 e. The fourth-order valence-corrected chi connectivity index (χ4v) is 2.55. The maximum absolute atomic E-state index is 13.2. The van der Waals surface area contributed by atoms with Gasteiger partial charge < -0.3 is 10.6 Å². The second-order valence-electron chi connectivity index (χ2n) is 4.76. The Morgan fingerprint density at radius 2 is 2.05 bits per heavy atom. The molecule has 1 aliphatic heterocycles. The number of halogens is 2. The molecule has 3 nitrogen and oxygen atoms in total. The van der Waals surface area contributed by atoms with Crippen LogP contribution in [0, 0.1) is 12.7 Å². The highest BCUT2D eigenvalue weighted by molar-refractivity contribution is 6.30. The summed E-state index contributed by atoms with van der Waals surface area (Å²) >= 11 is 5.91. The standard InChI is InChI=1S/C15H12ClFN2O/c1-8-6-9(16)2-5-12(8)18-14-11-4-3-10(17)7-13(11)19-15(14)20/h2-7,14,18H,1H3,(H,19,20). The predicted molar refractivity (Wildman–Crippen MR) is 77.6 cm³/mol. The molecule has 1 unspecified atom stereocenters. The highest BCUT2D eigenvalue weighted by Crippen LogP contribution is 2.34. The number of carbonyl (C=O) groups is 1. The zero-order chi connectivity index (χ0) is 14.3. The predicted octanol–water partition coefficient (Wildman–Crippen LogP) is 3.89. The van der Waals surface area contributed by atoms with Gasteiger partial charge in [-0.05, 0) is 42.8 Å². The Morgan fingerprint density at radius 1 is 1.25 bits per heavy atom. The third-order valence-corrected chi connectivity index (χ3v) is 3.57. The molecule has 0 bridgehead atoms. The van der Waals surface area contributed by atoms with Gasteiger partial charge in [-0.1, -0.05) is 17.7 Å². The van der Waals surface area contributed by atoms with E-state index in [0.717, 1.165) is 16.8 Å². The summed E-state index contributed by atoms with van der Waals surface area (Å²) in [5.41, 5.74) is 3.03. The van der Waals surface area contributed by atoms with Crippen molar-refractivity contribution in [1.82, 2.24) is 0 Å². The highest BCUT2D eigenvalue weighted by atomic mass is 35.5. The van der Waals surface area contributed by atoms with Crippen molar-refractivity contribution in [2.45, 2.75) is 13.0 Å². The number of hydrogen-bond acceptors (Lipinski definition) is 2. The van der Waals surface area contributed by atoms with E-state index >= 15 is 0 Å². The van der Waals surface area contributed by atoms with E-state index in [0.29, 0.717) is 10.7 Å². The van der Waals surface area contributed by atoms with Crippen molar-refractivity contribution in [3.8, 4) is 0 Å². The molecule has 0 aliphatic carbocycles. The molecule has 1 heterocycles. The number of carbonyl (C=O) groups excluding carboxylic acids is 1. The van der Waals surface area contributed by atoms with E-state index in [1.54, 1.807) is 12.1 Å². The van der Waals surface area contributed by atoms with Crippen molar-refractivity contribution < 1.29 is 9.18 Å². The molecular weight excluding hydrogens is 279 g/mol. The molecule has 1 aliphatic rings. The van der Waals surface area contributed by atoms with E-state index in [-0.39, 0.29) is 11.7 Å². The zero-order valence-corrected chi connectivity index (χ0v) is 11.5. The van der Waals surface area contributed by atoms with Gasteiger partial charge in [-0.2, -0.15) is 0 Å². The van der Waals surface area contributed by atoms with Gasteiger partial charge in [-0.15, -0.1) is 0 Å². The van der Waals surface area contributed by atoms with Gasteiger partial charge >= 0.3 is 0 Å². The lowest BCUT2D eigenvalue weighted by Crippen LogP contribution is -2.20. The average Bonchev–Trinajstić information content (AvgIpc) is 2.68. The minimum atomic E-state index is -0.523. The fraction of sp³-hybridized carbons (Fsp3) is 0.133. The number of anilines is 2. The number of fused-ring (bicyclic) bond motifs is 1. The van der Waals surface area contributed by atoms with Crippen molar-refractivity contribution in [2.24, 2.45) is 0 Å². The van der Waals surface area contributed by atoms with E-state index < -0.39 is 6.04 Å². The summed E-state index contributed by atoms with van der Waals surface area (Å²) in [4.78, 5) is 12.0. The second-order valence-corrected chi connectivity index (χ2v) is 5.19. The molecule has 2 aromatic rings. The SMILES string of the molecule is Cc1cc(Cl)ccc1NC1C(=O)Nc2cc(F)ccc21. The summed E-state index contributed by atoms with van der Waals surface area (Å²) in [6.07, 6.45) is 0. The van der Waals surface area contributed by atoms with Crippen LogP contribution in [0.3, 0.4) is 0 Å². The summed E-state index contributed by atoms with van der Waals surface area (Å²) < 4.78 is 13.2. The summed E-state index contributed by atoms with van der Waals surface area (Å²) in [5.74, 6) is -0.563. The van der Waals surface area contributed by atoms with Gasteiger partial charge in [0.15, 0.2) is 0 Å². The molecule has 20 heavy (non-hydrogen) atoms. The van der Waals surface area contributed by atoms with E-state index in [1.807, 2.05) is 19.1 Å². The lowest BCUT2D eigenvalue weighted by atomic mass is 10.1. The number of aryl methyl sites for hydroxylation is 1. The van der Waals surface area contributed by atoms with Crippen molar-refractivity contribution in [1.29, 1.82) is 0 Å². The Hall–Kier alpha value is -2.07. The molecule has 1 amide bonds. The normalized spacial score (nSPS) is 16.8. The molecule has 0 saturated heterocycles. The summed E-state index contributed by atoms with van der Waals surface area (Å²) in [7, 11) is 0. The molecule has 102 valence electrons. The Labute approximate surface area is 120 Å². The first-order valence-corrected chi connectivity index (χ1v) is 6.55. The van der Waals surface area contributed by atoms with E-state index in [9.17, 15) is 9.18 Å². The Bertz CT molecular complexity index is 702. The first-order valence-electron chi connectivity index (χ1n) is 6.17. The monoisotopic (exact) mass is 290 g/mol. The number of hydrogen-bond donors (Lipinski definition) is 2. The zero-order valence-electron chi connectivity index (χ0n) is 10.7. The van der Waals surface area contributed by atoms with Gasteiger partial charge in [0.1, 0.15) is 11.9 Å². The van der Waals surface area contributed by atoms with Crippen molar-refractivity contribution in [3.63, 3.8) is 0 Å². The van der Waals surface area contributed by atoms with E-state index in [2.05, 4.69) is 10.6 Å². The number of nitrogens with one attached hydrogen (secondary N) is 2. The molecule has 0 fully saturated rings. The molecule has 2 N–H and O–H groups in total. The van der Waals surface area contributed by atoms with Crippen LogP contribution >= 0.6 is 11.6 Å². The van der Waals surface area contributed by atoms with Crippen LogP contribution in [-0.4, -0.2) is 5.91 Å². The van der Waals surface area contributed by atoms with Crippen LogP contribution in [0.5, 0.6) is 0 Å². The summed E-state index contributed by atoms with van der Waals surface area (Å²) in [6, 6.07) is 9.17. The van der Waals surface area contributed by atoms with Crippen LogP contribution in [0.4, 0.5) is 15.8 Å². The Kier molecular flexibility index (Phi) is 3.10. The molecular formula is C15H12ClFN2O. The molecule has 2 aromatic carbocycles. The Morgan fingerprint density at radius 3 is 2.80 bits per heavy atom. The van der Waals surface area contributed by atoms with Crippen LogP contribution in [0.2, 0.25) is 5.02 Å². The Balaban J connectivity index is 1.94.